The first-order chi connectivity index (χ1) is 12.5. The van der Waals surface area contributed by atoms with Crippen LogP contribution in [-0.2, 0) is 0 Å². The van der Waals surface area contributed by atoms with Gasteiger partial charge in [0.1, 0.15) is 0 Å². The lowest BCUT2D eigenvalue weighted by Gasteiger charge is -2.32. The second-order valence-corrected chi connectivity index (χ2v) is 7.61. The Balaban J connectivity index is 1.59. The minimum atomic E-state index is 0.0818. The number of aromatic nitrogens is 2. The predicted molar refractivity (Wildman–Crippen MR) is 105 cm³/mol. The van der Waals surface area contributed by atoms with Gasteiger partial charge in [0.05, 0.1) is 11.1 Å². The average Bonchev–Trinajstić information content (AvgIpc) is 2.67. The van der Waals surface area contributed by atoms with Crippen molar-refractivity contribution in [1.82, 2.24) is 14.9 Å². The van der Waals surface area contributed by atoms with E-state index in [0.29, 0.717) is 19.2 Å². The molecule has 7 heteroatoms. The first kappa shape index (κ1) is 18.6. The summed E-state index contributed by atoms with van der Waals surface area (Å²) < 4.78 is 6.52. The quantitative estimate of drug-likeness (QED) is 0.745. The number of rotatable bonds is 5. The predicted octanol–water partition coefficient (Wildman–Crippen LogP) is 3.24. The molecule has 1 amide bonds. The number of nitrogens with zero attached hydrogens (tertiary/aromatic N) is 4. The van der Waals surface area contributed by atoms with E-state index in [2.05, 4.69) is 25.9 Å². The van der Waals surface area contributed by atoms with Crippen molar-refractivity contribution in [2.45, 2.75) is 12.8 Å². The molecular formula is C19H23BrN4O2. The summed E-state index contributed by atoms with van der Waals surface area (Å²) >= 11 is 3.31. The van der Waals surface area contributed by atoms with Gasteiger partial charge in [0.2, 0.25) is 0 Å². The lowest BCUT2D eigenvalue weighted by atomic mass is 9.98. The van der Waals surface area contributed by atoms with E-state index < -0.39 is 0 Å². The SMILES string of the molecule is CN(C)c1cccc(C(=O)N2CCCC(COc3ncc(Br)cn3)C2)c1. The van der Waals surface area contributed by atoms with Crippen molar-refractivity contribution in [3.8, 4) is 6.01 Å². The molecule has 6 nitrogen and oxygen atoms in total. The van der Waals surface area contributed by atoms with Crippen molar-refractivity contribution in [2.75, 3.05) is 38.7 Å². The molecule has 1 aromatic heterocycles. The molecule has 2 heterocycles. The van der Waals surface area contributed by atoms with Gasteiger partial charge in [-0.3, -0.25) is 4.79 Å². The monoisotopic (exact) mass is 418 g/mol. The van der Waals surface area contributed by atoms with E-state index >= 15 is 0 Å². The molecule has 1 aromatic carbocycles. The summed E-state index contributed by atoms with van der Waals surface area (Å²) in [5.74, 6) is 0.371. The highest BCUT2D eigenvalue weighted by molar-refractivity contribution is 9.10. The number of likely N-dealkylation sites (tertiary alicyclic amines) is 1. The van der Waals surface area contributed by atoms with Gasteiger partial charge in [-0.25, -0.2) is 9.97 Å². The topological polar surface area (TPSA) is 58.6 Å². The Kier molecular flexibility index (Phi) is 6.08. The van der Waals surface area contributed by atoms with E-state index in [4.69, 9.17) is 4.74 Å². The third-order valence-corrected chi connectivity index (χ3v) is 4.87. The van der Waals surface area contributed by atoms with Crippen molar-refractivity contribution in [2.24, 2.45) is 5.92 Å². The van der Waals surface area contributed by atoms with Crippen molar-refractivity contribution in [3.05, 3.63) is 46.7 Å². The van der Waals surface area contributed by atoms with Crippen LogP contribution < -0.4 is 9.64 Å². The van der Waals surface area contributed by atoms with E-state index in [-0.39, 0.29) is 11.8 Å². The van der Waals surface area contributed by atoms with Crippen LogP contribution in [0.15, 0.2) is 41.1 Å². The zero-order valence-corrected chi connectivity index (χ0v) is 16.6. The molecular weight excluding hydrogens is 396 g/mol. The van der Waals surface area contributed by atoms with Gasteiger partial charge in [-0.2, -0.15) is 0 Å². The van der Waals surface area contributed by atoms with Crippen molar-refractivity contribution >= 4 is 27.5 Å². The molecule has 1 unspecified atom stereocenters. The van der Waals surface area contributed by atoms with Crippen molar-refractivity contribution in [1.29, 1.82) is 0 Å². The molecule has 0 bridgehead atoms. The molecule has 26 heavy (non-hydrogen) atoms. The highest BCUT2D eigenvalue weighted by atomic mass is 79.9. The molecule has 0 N–H and O–H groups in total. The Morgan fingerprint density at radius 1 is 1.35 bits per heavy atom. The second-order valence-electron chi connectivity index (χ2n) is 6.70. The third-order valence-electron chi connectivity index (χ3n) is 4.46. The maximum atomic E-state index is 12.9. The summed E-state index contributed by atoms with van der Waals surface area (Å²) in [5.41, 5.74) is 1.76. The van der Waals surface area contributed by atoms with Gasteiger partial charge < -0.3 is 14.5 Å². The molecule has 0 saturated carbocycles. The Morgan fingerprint density at radius 2 is 2.12 bits per heavy atom. The number of carbonyl (C=O) groups is 1. The van der Waals surface area contributed by atoms with Crippen molar-refractivity contribution < 1.29 is 9.53 Å². The summed E-state index contributed by atoms with van der Waals surface area (Å²) in [6.07, 6.45) is 5.35. The maximum absolute atomic E-state index is 12.9. The highest BCUT2D eigenvalue weighted by Crippen LogP contribution is 2.21. The van der Waals surface area contributed by atoms with Gasteiger partial charge in [-0.1, -0.05) is 6.07 Å². The highest BCUT2D eigenvalue weighted by Gasteiger charge is 2.25. The fourth-order valence-electron chi connectivity index (χ4n) is 3.05. The van der Waals surface area contributed by atoms with Crippen LogP contribution in [0, 0.1) is 5.92 Å². The Morgan fingerprint density at radius 3 is 2.85 bits per heavy atom. The van der Waals surface area contributed by atoms with Gasteiger partial charge in [0.25, 0.3) is 5.91 Å². The number of amides is 1. The summed E-state index contributed by atoms with van der Waals surface area (Å²) in [6, 6.07) is 8.12. The molecule has 2 aromatic rings. The maximum Gasteiger partial charge on any atom is 0.316 e. The summed E-state index contributed by atoms with van der Waals surface area (Å²) in [5, 5.41) is 0. The Labute approximate surface area is 162 Å². The molecule has 0 spiro atoms. The minimum absolute atomic E-state index is 0.0818. The minimum Gasteiger partial charge on any atom is -0.463 e. The normalized spacial score (nSPS) is 17.0. The second kappa shape index (κ2) is 8.49. The smallest absolute Gasteiger partial charge is 0.316 e. The number of benzene rings is 1. The number of carbonyl (C=O) groups excluding carboxylic acids is 1. The lowest BCUT2D eigenvalue weighted by Crippen LogP contribution is -2.41. The summed E-state index contributed by atoms with van der Waals surface area (Å²) in [6.45, 7) is 2.00. The largest absolute Gasteiger partial charge is 0.463 e. The van der Waals surface area contributed by atoms with Crippen LogP contribution in [0.3, 0.4) is 0 Å². The average molecular weight is 419 g/mol. The van der Waals surface area contributed by atoms with Crippen LogP contribution in [0.5, 0.6) is 6.01 Å². The molecule has 1 fully saturated rings. The number of hydrogen-bond donors (Lipinski definition) is 0. The van der Waals surface area contributed by atoms with E-state index in [1.807, 2.05) is 48.2 Å². The molecule has 1 atom stereocenters. The zero-order chi connectivity index (χ0) is 18.5. The van der Waals surface area contributed by atoms with Gasteiger partial charge in [0, 0.05) is 56.7 Å². The lowest BCUT2D eigenvalue weighted by molar-refractivity contribution is 0.0628. The molecule has 0 aliphatic carbocycles. The summed E-state index contributed by atoms with van der Waals surface area (Å²) in [7, 11) is 3.95. The van der Waals surface area contributed by atoms with Crippen LogP contribution in [0.2, 0.25) is 0 Å². The number of piperidine rings is 1. The molecule has 1 aliphatic rings. The first-order valence-corrected chi connectivity index (χ1v) is 9.49. The third kappa shape index (κ3) is 4.72. The molecule has 0 radical (unpaired) electrons. The first-order valence-electron chi connectivity index (χ1n) is 8.70. The standard InChI is InChI=1S/C19H23BrN4O2/c1-23(2)17-7-3-6-15(9-17)18(25)24-8-4-5-14(12-24)13-26-19-21-10-16(20)11-22-19/h3,6-7,9-11,14H,4-5,8,12-13H2,1-2H3. The number of anilines is 1. The van der Waals surface area contributed by atoms with Crippen molar-refractivity contribution in [3.63, 3.8) is 0 Å². The molecule has 138 valence electrons. The van der Waals surface area contributed by atoms with E-state index in [9.17, 15) is 4.79 Å². The van der Waals surface area contributed by atoms with E-state index in [1.54, 1.807) is 12.4 Å². The van der Waals surface area contributed by atoms with Gasteiger partial charge in [-0.05, 0) is 47.0 Å². The number of hydrogen-bond acceptors (Lipinski definition) is 5. The van der Waals surface area contributed by atoms with Crippen LogP contribution in [-0.4, -0.2) is 54.6 Å². The van der Waals surface area contributed by atoms with Gasteiger partial charge in [-0.15, -0.1) is 0 Å². The number of halogens is 1. The van der Waals surface area contributed by atoms with Crippen LogP contribution in [0.4, 0.5) is 5.69 Å². The molecule has 3 rings (SSSR count). The van der Waals surface area contributed by atoms with Gasteiger partial charge in [0.15, 0.2) is 0 Å². The summed E-state index contributed by atoms with van der Waals surface area (Å²) in [4.78, 5) is 25.0. The molecule has 1 aliphatic heterocycles. The fraction of sp³-hybridized carbons (Fsp3) is 0.421. The number of ether oxygens (including phenoxy) is 1. The van der Waals surface area contributed by atoms with Gasteiger partial charge >= 0.3 is 6.01 Å². The fourth-order valence-corrected chi connectivity index (χ4v) is 3.26. The zero-order valence-electron chi connectivity index (χ0n) is 15.1. The van der Waals surface area contributed by atoms with E-state index in [0.717, 1.165) is 35.1 Å². The Hall–Kier alpha value is -2.15. The van der Waals surface area contributed by atoms with E-state index in [1.165, 1.54) is 0 Å². The van der Waals surface area contributed by atoms with Crippen LogP contribution in [0.25, 0.3) is 0 Å². The van der Waals surface area contributed by atoms with Crippen LogP contribution in [0.1, 0.15) is 23.2 Å². The Bertz CT molecular complexity index is 751. The van der Waals surface area contributed by atoms with Crippen LogP contribution >= 0.6 is 15.9 Å². The molecule has 1 saturated heterocycles.